The molecule has 0 aromatic carbocycles. The van der Waals surface area contributed by atoms with Gasteiger partial charge in [-0.05, 0) is 37.0 Å². The summed E-state index contributed by atoms with van der Waals surface area (Å²) in [6, 6.07) is 4.62. The second kappa shape index (κ2) is 9.82. The van der Waals surface area contributed by atoms with Crippen LogP contribution in [-0.4, -0.2) is 32.4 Å². The molecule has 3 N–H and O–H groups in total. The Morgan fingerprint density at radius 1 is 1.26 bits per heavy atom. The number of hydrogen-bond acceptors (Lipinski definition) is 6. The summed E-state index contributed by atoms with van der Waals surface area (Å²) in [7, 11) is 1.90. The maximum absolute atomic E-state index is 12.4. The van der Waals surface area contributed by atoms with E-state index in [-0.39, 0.29) is 11.1 Å². The van der Waals surface area contributed by atoms with Gasteiger partial charge in [0, 0.05) is 13.1 Å². The highest BCUT2D eigenvalue weighted by Crippen LogP contribution is 2.28. The van der Waals surface area contributed by atoms with Gasteiger partial charge in [-0.25, -0.2) is 14.8 Å². The van der Waals surface area contributed by atoms with Crippen molar-refractivity contribution in [3.63, 3.8) is 0 Å². The minimum atomic E-state index is -0.474. The van der Waals surface area contributed by atoms with Gasteiger partial charge in [-0.1, -0.05) is 38.8 Å². The molecular formula is C21H28ClN7O2. The summed E-state index contributed by atoms with van der Waals surface area (Å²) in [6.07, 6.45) is 1.92. The monoisotopic (exact) mass is 445 g/mol. The molecule has 0 unspecified atom stereocenters. The van der Waals surface area contributed by atoms with Crippen molar-refractivity contribution in [3.8, 4) is 5.88 Å². The summed E-state index contributed by atoms with van der Waals surface area (Å²) in [4.78, 5) is 21.1. The number of nitrogens with zero attached hydrogens (tertiary/aromatic N) is 4. The van der Waals surface area contributed by atoms with E-state index in [0.717, 1.165) is 35.1 Å². The molecule has 3 aromatic rings. The van der Waals surface area contributed by atoms with Crippen LogP contribution in [0.1, 0.15) is 50.8 Å². The van der Waals surface area contributed by atoms with E-state index in [1.165, 1.54) is 0 Å². The number of ether oxygens (including phenoxy) is 1. The molecule has 10 heteroatoms. The van der Waals surface area contributed by atoms with Crippen LogP contribution < -0.4 is 20.9 Å². The molecular weight excluding hydrogens is 418 g/mol. The molecule has 3 heterocycles. The van der Waals surface area contributed by atoms with Crippen molar-refractivity contribution in [3.05, 3.63) is 34.6 Å². The van der Waals surface area contributed by atoms with Crippen LogP contribution >= 0.6 is 11.6 Å². The molecule has 0 saturated carbocycles. The number of anilines is 2. The molecule has 0 fully saturated rings. The van der Waals surface area contributed by atoms with Crippen LogP contribution in [0.5, 0.6) is 5.88 Å². The largest absolute Gasteiger partial charge is 0.478 e. The van der Waals surface area contributed by atoms with Gasteiger partial charge in [-0.2, -0.15) is 5.10 Å². The number of nitrogens with one attached hydrogen (secondary N) is 3. The quantitative estimate of drug-likeness (QED) is 0.262. The number of halogens is 1. The van der Waals surface area contributed by atoms with Crippen molar-refractivity contribution in [2.24, 2.45) is 7.05 Å². The number of rotatable bonds is 8. The average molecular weight is 446 g/mol. The van der Waals surface area contributed by atoms with Gasteiger partial charge in [0.2, 0.25) is 5.88 Å². The number of aromatic nitrogens is 4. The summed E-state index contributed by atoms with van der Waals surface area (Å²) in [5.74, 6) is 1.16. The number of aryl methyl sites for hydroxylation is 2. The third kappa shape index (κ3) is 5.55. The molecule has 0 aliphatic rings. The summed E-state index contributed by atoms with van der Waals surface area (Å²) < 4.78 is 7.41. The van der Waals surface area contributed by atoms with Crippen LogP contribution in [0.3, 0.4) is 0 Å². The molecule has 0 radical (unpaired) electrons. The first-order valence-electron chi connectivity index (χ1n) is 10.3. The van der Waals surface area contributed by atoms with Gasteiger partial charge in [0.25, 0.3) is 0 Å². The van der Waals surface area contributed by atoms with Crippen LogP contribution in [0, 0.1) is 6.92 Å². The topological polar surface area (TPSA) is 106 Å². The van der Waals surface area contributed by atoms with Crippen molar-refractivity contribution in [1.29, 1.82) is 0 Å². The lowest BCUT2D eigenvalue weighted by molar-refractivity contribution is 0.254. The van der Waals surface area contributed by atoms with Crippen molar-refractivity contribution in [2.75, 3.05) is 17.3 Å². The predicted molar refractivity (Wildman–Crippen MR) is 123 cm³/mol. The van der Waals surface area contributed by atoms with E-state index < -0.39 is 6.03 Å². The van der Waals surface area contributed by atoms with E-state index >= 15 is 0 Å². The Kier molecular flexibility index (Phi) is 7.17. The van der Waals surface area contributed by atoms with Crippen LogP contribution in [-0.2, 0) is 7.05 Å². The number of unbranched alkanes of at least 4 members (excludes halogenated alkanes) is 1. The summed E-state index contributed by atoms with van der Waals surface area (Å²) in [5, 5.41) is 7.41. The van der Waals surface area contributed by atoms with Gasteiger partial charge in [0.1, 0.15) is 16.5 Å². The van der Waals surface area contributed by atoms with Crippen molar-refractivity contribution in [2.45, 2.75) is 46.5 Å². The molecule has 31 heavy (non-hydrogen) atoms. The van der Waals surface area contributed by atoms with Gasteiger partial charge in [0.15, 0.2) is 0 Å². The fraction of sp³-hybridized carbons (Fsp3) is 0.429. The third-order valence-corrected chi connectivity index (χ3v) is 4.88. The highest BCUT2D eigenvalue weighted by molar-refractivity contribution is 6.29. The van der Waals surface area contributed by atoms with Crippen molar-refractivity contribution in [1.82, 2.24) is 25.2 Å². The zero-order valence-corrected chi connectivity index (χ0v) is 19.2. The van der Waals surface area contributed by atoms with Crippen LogP contribution in [0.25, 0.3) is 11.0 Å². The lowest BCUT2D eigenvalue weighted by Gasteiger charge is -2.14. The molecule has 9 nitrogen and oxygen atoms in total. The van der Waals surface area contributed by atoms with E-state index in [2.05, 4.69) is 52.0 Å². The molecule has 3 rings (SSSR count). The summed E-state index contributed by atoms with van der Waals surface area (Å²) in [5.41, 5.74) is 9.65. The van der Waals surface area contributed by atoms with E-state index in [1.807, 2.05) is 24.7 Å². The maximum Gasteiger partial charge on any atom is 0.337 e. The molecule has 2 amide bonds. The van der Waals surface area contributed by atoms with E-state index in [4.69, 9.17) is 16.3 Å². The third-order valence-electron chi connectivity index (χ3n) is 4.69. The van der Waals surface area contributed by atoms with E-state index in [9.17, 15) is 4.79 Å². The molecule has 166 valence electrons. The smallest absolute Gasteiger partial charge is 0.337 e. The highest BCUT2D eigenvalue weighted by atomic mass is 35.5. The van der Waals surface area contributed by atoms with Crippen molar-refractivity contribution < 1.29 is 9.53 Å². The zero-order valence-electron chi connectivity index (χ0n) is 18.4. The lowest BCUT2D eigenvalue weighted by Crippen LogP contribution is -2.34. The van der Waals surface area contributed by atoms with Gasteiger partial charge in [-0.3, -0.25) is 15.5 Å². The van der Waals surface area contributed by atoms with Gasteiger partial charge < -0.3 is 10.1 Å². The van der Waals surface area contributed by atoms with Crippen LogP contribution in [0.4, 0.5) is 16.3 Å². The number of carbonyl (C=O) groups is 1. The number of hydrazine groups is 1. The normalized spacial score (nSPS) is 11.1. The minimum Gasteiger partial charge on any atom is -0.478 e. The molecule has 0 saturated heterocycles. The fourth-order valence-electron chi connectivity index (χ4n) is 3.20. The van der Waals surface area contributed by atoms with Gasteiger partial charge >= 0.3 is 6.03 Å². The second-order valence-corrected chi connectivity index (χ2v) is 7.97. The van der Waals surface area contributed by atoms with Crippen LogP contribution in [0.15, 0.2) is 18.2 Å². The number of hydrogen-bond donors (Lipinski definition) is 3. The number of pyridine rings is 2. The Labute approximate surface area is 186 Å². The van der Waals surface area contributed by atoms with Crippen LogP contribution in [0.2, 0.25) is 5.15 Å². The maximum atomic E-state index is 12.4. The van der Waals surface area contributed by atoms with Crippen molar-refractivity contribution >= 4 is 40.2 Å². The average Bonchev–Trinajstić information content (AvgIpc) is 2.99. The Morgan fingerprint density at radius 3 is 2.74 bits per heavy atom. The predicted octanol–water partition coefficient (Wildman–Crippen LogP) is 4.78. The van der Waals surface area contributed by atoms with Gasteiger partial charge in [0.05, 0.1) is 23.5 Å². The Bertz CT molecular complexity index is 1080. The van der Waals surface area contributed by atoms with E-state index in [1.54, 1.807) is 12.1 Å². The number of amides is 2. The first-order chi connectivity index (χ1) is 14.8. The number of carbonyl (C=O) groups excluding carboxylic acids is 1. The molecule has 0 aliphatic carbocycles. The summed E-state index contributed by atoms with van der Waals surface area (Å²) in [6.45, 7) is 8.74. The first-order valence-corrected chi connectivity index (χ1v) is 10.6. The summed E-state index contributed by atoms with van der Waals surface area (Å²) >= 11 is 6.04. The molecule has 0 atom stereocenters. The number of urea groups is 1. The molecule has 3 aromatic heterocycles. The Balaban J connectivity index is 1.70. The highest BCUT2D eigenvalue weighted by Gasteiger charge is 2.16. The molecule has 0 aliphatic heterocycles. The fourth-order valence-corrected chi connectivity index (χ4v) is 3.40. The second-order valence-electron chi connectivity index (χ2n) is 7.58. The minimum absolute atomic E-state index is 0.234. The number of fused-ring (bicyclic) bond motifs is 1. The SMILES string of the molecule is CCCCOc1cc(NC(=O)NNc2cc(C(C)C)c3c(n2)c(C)nn3C)cc(Cl)n1. The molecule has 0 spiro atoms. The standard InChI is InChI=1S/C21H28ClN7O2/c1-6-7-8-31-18-10-14(9-16(22)24-18)23-21(30)27-26-17-11-15(12(2)3)20-19(25-17)13(4)28-29(20)5/h9-12H,6-8H2,1-5H3,(H,25,26)(H2,23,24,27,30). The molecule has 0 bridgehead atoms. The first kappa shape index (κ1) is 22.6. The van der Waals surface area contributed by atoms with E-state index in [0.29, 0.717) is 24.0 Å². The van der Waals surface area contributed by atoms with Gasteiger partial charge in [-0.15, -0.1) is 0 Å². The Hall–Kier alpha value is -3.07. The lowest BCUT2D eigenvalue weighted by atomic mass is 10.0. The zero-order chi connectivity index (χ0) is 22.5. The Morgan fingerprint density at radius 2 is 2.03 bits per heavy atom.